The second-order valence-electron chi connectivity index (χ2n) is 4.55. The number of nitrogens with zero attached hydrogens (tertiary/aromatic N) is 2. The highest BCUT2D eigenvalue weighted by atomic mass is 35.5. The largest absolute Gasteiger partial charge is 0.478 e. The summed E-state index contributed by atoms with van der Waals surface area (Å²) in [4.78, 5) is 17.3. The molecule has 98 valence electrons. The van der Waals surface area contributed by atoms with Gasteiger partial charge in [-0.15, -0.1) is 0 Å². The molecular weight excluding hydrogens is 254 g/mol. The number of hydrogen-bond donors (Lipinski definition) is 2. The number of aromatic nitrogens is 1. The van der Waals surface area contributed by atoms with E-state index in [1.807, 2.05) is 0 Å². The molecule has 5 nitrogen and oxygen atoms in total. The number of carboxylic acid groups (broad SMARTS) is 1. The zero-order chi connectivity index (χ0) is 13.1. The normalized spacial score (nSPS) is 17.7. The molecule has 0 spiro atoms. The van der Waals surface area contributed by atoms with Gasteiger partial charge in [-0.2, -0.15) is 0 Å². The van der Waals surface area contributed by atoms with Gasteiger partial charge in [0.1, 0.15) is 5.82 Å². The first-order valence-electron chi connectivity index (χ1n) is 5.91. The Morgan fingerprint density at radius 1 is 1.56 bits per heavy atom. The van der Waals surface area contributed by atoms with Crippen molar-refractivity contribution in [3.63, 3.8) is 0 Å². The molecule has 2 N–H and O–H groups in total. The molecule has 1 aliphatic heterocycles. The Morgan fingerprint density at radius 3 is 2.83 bits per heavy atom. The molecule has 0 aromatic carbocycles. The van der Waals surface area contributed by atoms with Crippen LogP contribution in [0.15, 0.2) is 12.3 Å². The summed E-state index contributed by atoms with van der Waals surface area (Å²) in [5.74, 6) is -0.569. The minimum atomic E-state index is -1.03. The van der Waals surface area contributed by atoms with E-state index in [4.69, 9.17) is 16.7 Å². The molecule has 0 unspecified atom stereocenters. The minimum absolute atomic E-state index is 0.0853. The molecule has 1 aromatic rings. The van der Waals surface area contributed by atoms with E-state index in [9.17, 15) is 4.79 Å². The van der Waals surface area contributed by atoms with Gasteiger partial charge in [0, 0.05) is 12.2 Å². The van der Waals surface area contributed by atoms with Crippen LogP contribution >= 0.6 is 11.6 Å². The van der Waals surface area contributed by atoms with Gasteiger partial charge in [0.2, 0.25) is 0 Å². The van der Waals surface area contributed by atoms with Crippen molar-refractivity contribution in [2.45, 2.75) is 18.9 Å². The lowest BCUT2D eigenvalue weighted by Gasteiger charge is -2.30. The number of nitrogens with one attached hydrogen (secondary N) is 1. The summed E-state index contributed by atoms with van der Waals surface area (Å²) >= 11 is 6.04. The summed E-state index contributed by atoms with van der Waals surface area (Å²) < 4.78 is 0. The van der Waals surface area contributed by atoms with Gasteiger partial charge in [-0.25, -0.2) is 9.78 Å². The van der Waals surface area contributed by atoms with Gasteiger partial charge in [0.25, 0.3) is 0 Å². The highest BCUT2D eigenvalue weighted by molar-refractivity contribution is 6.35. The Balaban J connectivity index is 2.10. The lowest BCUT2D eigenvalue weighted by atomic mass is 10.1. The number of rotatable bonds is 3. The monoisotopic (exact) mass is 269 g/mol. The number of anilines is 1. The van der Waals surface area contributed by atoms with Crippen LogP contribution in [0.3, 0.4) is 0 Å². The Bertz CT molecular complexity index is 445. The lowest BCUT2D eigenvalue weighted by molar-refractivity contribution is 0.0697. The van der Waals surface area contributed by atoms with Crippen LogP contribution in [0.2, 0.25) is 5.02 Å². The first-order chi connectivity index (χ1) is 8.58. The average Bonchev–Trinajstić information content (AvgIpc) is 2.34. The van der Waals surface area contributed by atoms with Gasteiger partial charge in [0.05, 0.1) is 10.6 Å². The summed E-state index contributed by atoms with van der Waals surface area (Å²) in [7, 11) is 2.09. The number of halogens is 1. The zero-order valence-corrected chi connectivity index (χ0v) is 10.9. The van der Waals surface area contributed by atoms with Gasteiger partial charge in [-0.05, 0) is 39.0 Å². The van der Waals surface area contributed by atoms with Crippen molar-refractivity contribution in [3.8, 4) is 0 Å². The maximum absolute atomic E-state index is 11.0. The summed E-state index contributed by atoms with van der Waals surface area (Å²) in [5, 5.41) is 12.4. The zero-order valence-electron chi connectivity index (χ0n) is 10.2. The Kier molecular flexibility index (Phi) is 4.04. The highest BCUT2D eigenvalue weighted by Gasteiger charge is 2.19. The van der Waals surface area contributed by atoms with Crippen molar-refractivity contribution in [1.82, 2.24) is 9.88 Å². The molecule has 0 bridgehead atoms. The van der Waals surface area contributed by atoms with E-state index in [1.165, 1.54) is 12.3 Å². The molecule has 0 amide bonds. The number of carboxylic acids is 1. The standard InChI is InChI=1S/C12H16ClN3O2/c1-16-6-3-8(4-7-16)15-11-10(13)9(12(17)18)2-5-14-11/h2,5,8H,3-4,6-7H2,1H3,(H,14,15)(H,17,18). The van der Waals surface area contributed by atoms with Gasteiger partial charge in [0.15, 0.2) is 0 Å². The molecule has 1 aromatic heterocycles. The molecule has 0 saturated carbocycles. The predicted molar refractivity (Wildman–Crippen MR) is 70.3 cm³/mol. The molecule has 0 atom stereocenters. The number of piperidine rings is 1. The van der Waals surface area contributed by atoms with E-state index in [-0.39, 0.29) is 10.6 Å². The summed E-state index contributed by atoms with van der Waals surface area (Å²) in [6.45, 7) is 2.04. The SMILES string of the molecule is CN1CCC(Nc2nccc(C(=O)O)c2Cl)CC1. The van der Waals surface area contributed by atoms with E-state index in [2.05, 4.69) is 22.2 Å². The van der Waals surface area contributed by atoms with Crippen LogP contribution in [0.5, 0.6) is 0 Å². The lowest BCUT2D eigenvalue weighted by Crippen LogP contribution is -2.37. The van der Waals surface area contributed by atoms with Gasteiger partial charge < -0.3 is 15.3 Å². The third kappa shape index (κ3) is 2.91. The predicted octanol–water partition coefficient (Wildman–Crippen LogP) is 1.94. The molecule has 2 heterocycles. The van der Waals surface area contributed by atoms with Crippen LogP contribution in [0.4, 0.5) is 5.82 Å². The molecule has 6 heteroatoms. The number of hydrogen-bond acceptors (Lipinski definition) is 4. The minimum Gasteiger partial charge on any atom is -0.478 e. The van der Waals surface area contributed by atoms with E-state index in [1.54, 1.807) is 0 Å². The van der Waals surface area contributed by atoms with Crippen LogP contribution < -0.4 is 5.32 Å². The third-order valence-electron chi connectivity index (χ3n) is 3.18. The molecule has 0 aliphatic carbocycles. The fourth-order valence-corrected chi connectivity index (χ4v) is 2.30. The van der Waals surface area contributed by atoms with E-state index in [0.29, 0.717) is 11.9 Å². The molecular formula is C12H16ClN3O2. The Hall–Kier alpha value is -1.33. The maximum Gasteiger partial charge on any atom is 0.337 e. The van der Waals surface area contributed by atoms with Gasteiger partial charge in [-0.1, -0.05) is 11.6 Å². The van der Waals surface area contributed by atoms with Crippen molar-refractivity contribution in [2.24, 2.45) is 0 Å². The maximum atomic E-state index is 11.0. The second-order valence-corrected chi connectivity index (χ2v) is 4.93. The summed E-state index contributed by atoms with van der Waals surface area (Å²) in [6, 6.07) is 1.71. The Labute approximate surface area is 111 Å². The summed E-state index contributed by atoms with van der Waals surface area (Å²) in [6.07, 6.45) is 3.48. The highest BCUT2D eigenvalue weighted by Crippen LogP contribution is 2.25. The van der Waals surface area contributed by atoms with Crippen molar-refractivity contribution in [2.75, 3.05) is 25.5 Å². The van der Waals surface area contributed by atoms with Crippen LogP contribution in [0.25, 0.3) is 0 Å². The van der Waals surface area contributed by atoms with Crippen LogP contribution in [-0.4, -0.2) is 47.1 Å². The van der Waals surface area contributed by atoms with E-state index >= 15 is 0 Å². The van der Waals surface area contributed by atoms with E-state index < -0.39 is 5.97 Å². The van der Waals surface area contributed by atoms with Crippen molar-refractivity contribution in [3.05, 3.63) is 22.8 Å². The molecule has 1 saturated heterocycles. The smallest absolute Gasteiger partial charge is 0.337 e. The molecule has 18 heavy (non-hydrogen) atoms. The number of aromatic carboxylic acids is 1. The number of pyridine rings is 1. The molecule has 1 aliphatic rings. The second kappa shape index (κ2) is 5.54. The van der Waals surface area contributed by atoms with Gasteiger partial charge in [-0.3, -0.25) is 0 Å². The fourth-order valence-electron chi connectivity index (χ4n) is 2.06. The van der Waals surface area contributed by atoms with Crippen molar-refractivity contribution in [1.29, 1.82) is 0 Å². The molecule has 0 radical (unpaired) electrons. The first-order valence-corrected chi connectivity index (χ1v) is 6.28. The number of likely N-dealkylation sites (tertiary alicyclic amines) is 1. The van der Waals surface area contributed by atoms with Crippen LogP contribution in [0.1, 0.15) is 23.2 Å². The molecule has 2 rings (SSSR count). The topological polar surface area (TPSA) is 65.5 Å². The third-order valence-corrected chi connectivity index (χ3v) is 3.56. The quantitative estimate of drug-likeness (QED) is 0.878. The summed E-state index contributed by atoms with van der Waals surface area (Å²) in [5.41, 5.74) is 0.0853. The fraction of sp³-hybridized carbons (Fsp3) is 0.500. The average molecular weight is 270 g/mol. The van der Waals surface area contributed by atoms with Crippen molar-refractivity contribution >= 4 is 23.4 Å². The first kappa shape index (κ1) is 13.1. The molecule has 1 fully saturated rings. The number of carbonyl (C=O) groups is 1. The van der Waals surface area contributed by atoms with Crippen LogP contribution in [0, 0.1) is 0 Å². The van der Waals surface area contributed by atoms with Gasteiger partial charge >= 0.3 is 5.97 Å². The van der Waals surface area contributed by atoms with E-state index in [0.717, 1.165) is 25.9 Å². The van der Waals surface area contributed by atoms with Crippen LogP contribution in [-0.2, 0) is 0 Å². The van der Waals surface area contributed by atoms with Crippen molar-refractivity contribution < 1.29 is 9.90 Å². The Morgan fingerprint density at radius 2 is 2.22 bits per heavy atom.